The first kappa shape index (κ1) is 13.5. The van der Waals surface area contributed by atoms with Crippen molar-refractivity contribution in [3.05, 3.63) is 0 Å². The van der Waals surface area contributed by atoms with Gasteiger partial charge in [0.05, 0.1) is 0 Å². The van der Waals surface area contributed by atoms with E-state index >= 15 is 0 Å². The second-order valence-corrected chi connectivity index (χ2v) is 2.81. The smallest absolute Gasteiger partial charge is 0 e. The van der Waals surface area contributed by atoms with Gasteiger partial charge in [-0.3, -0.25) is 0 Å². The molecule has 0 aliphatic rings. The van der Waals surface area contributed by atoms with Gasteiger partial charge in [0, 0.05) is 1.43 Å². The normalized spacial score (nSPS) is 8.73. The second kappa shape index (κ2) is 16.5. The maximum Gasteiger partial charge on any atom is 0 e. The predicted octanol–water partition coefficient (Wildman–Crippen LogP) is 3.45. The summed E-state index contributed by atoms with van der Waals surface area (Å²) in [5, 5.41) is 3.34. The van der Waals surface area contributed by atoms with E-state index in [1.54, 1.807) is 0 Å². The summed E-state index contributed by atoms with van der Waals surface area (Å²) in [6, 6.07) is 0. The molecule has 0 saturated heterocycles. The maximum absolute atomic E-state index is 3.34. The topological polar surface area (TPSA) is 12.0 Å². The molecule has 0 atom stereocenters. The lowest BCUT2D eigenvalue weighted by atomic mass is 10.3. The molecule has 0 aliphatic heterocycles. The molecule has 0 saturated carbocycles. The first-order valence-corrected chi connectivity index (χ1v) is 5.04. The van der Waals surface area contributed by atoms with E-state index in [-0.39, 0.29) is 1.43 Å². The Bertz CT molecular complexity index is 43.1. The van der Waals surface area contributed by atoms with E-state index in [2.05, 4.69) is 33.0 Å². The average Bonchev–Trinajstić information content (AvgIpc) is 2.00. The van der Waals surface area contributed by atoms with Gasteiger partial charge in [-0.25, -0.2) is 0 Å². The third-order valence-corrected chi connectivity index (χ3v) is 1.13. The molecule has 0 rings (SSSR count). The molecule has 11 heavy (non-hydrogen) atoms. The Labute approximate surface area is 74.1 Å². The summed E-state index contributed by atoms with van der Waals surface area (Å²) in [6.07, 6.45) is 5.13. The minimum Gasteiger partial charge on any atom is -0.317 e. The molecule has 0 bridgehead atoms. The lowest BCUT2D eigenvalue weighted by Crippen LogP contribution is -2.15. The van der Waals surface area contributed by atoms with Crippen molar-refractivity contribution in [3.8, 4) is 0 Å². The minimum absolute atomic E-state index is 0. The van der Waals surface area contributed by atoms with Crippen LogP contribution in [0.25, 0.3) is 0 Å². The molecule has 0 aromatic carbocycles. The van der Waals surface area contributed by atoms with Crippen molar-refractivity contribution in [1.82, 2.24) is 5.32 Å². The number of hydrogen-bond donors (Lipinski definition) is 1. The van der Waals surface area contributed by atoms with Gasteiger partial charge in [0.25, 0.3) is 0 Å². The lowest BCUT2D eigenvalue weighted by Gasteiger charge is -1.98. The Morgan fingerprint density at radius 2 is 1.45 bits per heavy atom. The fourth-order valence-electron chi connectivity index (χ4n) is 0.604. The van der Waals surface area contributed by atoms with Crippen LogP contribution >= 0.6 is 0 Å². The van der Waals surface area contributed by atoms with E-state index in [1.807, 2.05) is 0 Å². The summed E-state index contributed by atoms with van der Waals surface area (Å²) in [5.41, 5.74) is 0. The van der Waals surface area contributed by atoms with Gasteiger partial charge < -0.3 is 5.32 Å². The molecule has 1 N–H and O–H groups in total. The minimum atomic E-state index is 0. The van der Waals surface area contributed by atoms with Gasteiger partial charge in [-0.1, -0.05) is 40.5 Å². The first-order valence-electron chi connectivity index (χ1n) is 5.04. The third kappa shape index (κ3) is 25.7. The standard InChI is InChI=1S/C7H17N.C3H8.H2/c1-3-5-7-8-6-4-2;1-3-2;/h8H,3-7H2,1-2H3;3H2,1-2H3;1H. The largest absolute Gasteiger partial charge is 0.317 e. The van der Waals surface area contributed by atoms with E-state index in [4.69, 9.17) is 0 Å². The highest BCUT2D eigenvalue weighted by molar-refractivity contribution is 4.43. The van der Waals surface area contributed by atoms with Gasteiger partial charge in [0.1, 0.15) is 0 Å². The molecule has 0 aromatic rings. The van der Waals surface area contributed by atoms with Crippen molar-refractivity contribution in [3.63, 3.8) is 0 Å². The average molecular weight is 161 g/mol. The van der Waals surface area contributed by atoms with Crippen LogP contribution in [0.5, 0.6) is 0 Å². The van der Waals surface area contributed by atoms with Crippen LogP contribution in [-0.2, 0) is 0 Å². The zero-order valence-corrected chi connectivity index (χ0v) is 8.74. The Balaban J connectivity index is -0.000000177. The van der Waals surface area contributed by atoms with Crippen molar-refractivity contribution in [1.29, 1.82) is 0 Å². The Hall–Kier alpha value is -0.0400. The zero-order valence-electron chi connectivity index (χ0n) is 8.74. The van der Waals surface area contributed by atoms with Crippen LogP contribution in [0.3, 0.4) is 0 Å². The molecule has 0 unspecified atom stereocenters. The number of nitrogens with one attached hydrogen (secondary N) is 1. The molecule has 1 nitrogen and oxygen atoms in total. The van der Waals surface area contributed by atoms with Crippen LogP contribution in [0.15, 0.2) is 0 Å². The Kier molecular flexibility index (Phi) is 20.3. The van der Waals surface area contributed by atoms with Crippen LogP contribution in [0.2, 0.25) is 0 Å². The van der Waals surface area contributed by atoms with Gasteiger partial charge in [0.15, 0.2) is 0 Å². The molecule has 0 radical (unpaired) electrons. The van der Waals surface area contributed by atoms with Gasteiger partial charge in [0.2, 0.25) is 0 Å². The molecule has 0 spiro atoms. The summed E-state index contributed by atoms with van der Waals surface area (Å²) < 4.78 is 0. The third-order valence-electron chi connectivity index (χ3n) is 1.13. The number of rotatable bonds is 5. The van der Waals surface area contributed by atoms with Gasteiger partial charge in [-0.05, 0) is 25.9 Å². The Morgan fingerprint density at radius 1 is 0.909 bits per heavy atom. The number of hydrogen-bond acceptors (Lipinski definition) is 1. The van der Waals surface area contributed by atoms with E-state index in [1.165, 1.54) is 38.8 Å². The number of unbranched alkanes of at least 4 members (excludes halogenated alkanes) is 1. The monoisotopic (exact) mass is 161 g/mol. The summed E-state index contributed by atoms with van der Waals surface area (Å²) in [5.74, 6) is 0. The summed E-state index contributed by atoms with van der Waals surface area (Å²) >= 11 is 0. The van der Waals surface area contributed by atoms with Crippen molar-refractivity contribution in [2.24, 2.45) is 0 Å². The fraction of sp³-hybridized carbons (Fsp3) is 1.00. The fourth-order valence-corrected chi connectivity index (χ4v) is 0.604. The molecule has 0 heterocycles. The maximum atomic E-state index is 3.34. The molecule has 0 aromatic heterocycles. The Morgan fingerprint density at radius 3 is 1.82 bits per heavy atom. The molecule has 72 valence electrons. The van der Waals surface area contributed by atoms with Crippen molar-refractivity contribution in [2.75, 3.05) is 13.1 Å². The highest BCUT2D eigenvalue weighted by Gasteiger charge is 1.80. The summed E-state index contributed by atoms with van der Waals surface area (Å²) in [6.45, 7) is 11.0. The van der Waals surface area contributed by atoms with Gasteiger partial charge in [-0.2, -0.15) is 0 Å². The molecular formula is C10H27N. The molecule has 1 heteroatoms. The summed E-state index contributed by atoms with van der Waals surface area (Å²) in [7, 11) is 0. The van der Waals surface area contributed by atoms with Gasteiger partial charge in [-0.15, -0.1) is 0 Å². The van der Waals surface area contributed by atoms with Crippen molar-refractivity contribution in [2.45, 2.75) is 53.4 Å². The first-order chi connectivity index (χ1) is 5.33. The highest BCUT2D eigenvalue weighted by Crippen LogP contribution is 1.81. The van der Waals surface area contributed by atoms with E-state index in [0.29, 0.717) is 0 Å². The SMILES string of the molecule is CCC.CCCCNCCC.[HH]. The van der Waals surface area contributed by atoms with Crippen molar-refractivity contribution < 1.29 is 1.43 Å². The van der Waals surface area contributed by atoms with Crippen LogP contribution < -0.4 is 5.32 Å². The quantitative estimate of drug-likeness (QED) is 0.609. The van der Waals surface area contributed by atoms with Crippen LogP contribution in [-0.4, -0.2) is 13.1 Å². The molecular weight excluding hydrogens is 134 g/mol. The van der Waals surface area contributed by atoms with E-state index < -0.39 is 0 Å². The highest BCUT2D eigenvalue weighted by atomic mass is 14.8. The van der Waals surface area contributed by atoms with Gasteiger partial charge >= 0.3 is 0 Å². The zero-order chi connectivity index (χ0) is 8.95. The van der Waals surface area contributed by atoms with E-state index in [9.17, 15) is 0 Å². The second-order valence-electron chi connectivity index (χ2n) is 2.81. The van der Waals surface area contributed by atoms with Crippen LogP contribution in [0, 0.1) is 0 Å². The van der Waals surface area contributed by atoms with Crippen molar-refractivity contribution >= 4 is 0 Å². The summed E-state index contributed by atoms with van der Waals surface area (Å²) in [4.78, 5) is 0. The molecule has 0 fully saturated rings. The molecule has 0 amide bonds. The molecule has 0 aliphatic carbocycles. The lowest BCUT2D eigenvalue weighted by molar-refractivity contribution is 0.633. The van der Waals surface area contributed by atoms with Crippen LogP contribution in [0.4, 0.5) is 0 Å². The predicted molar refractivity (Wildman–Crippen MR) is 56.1 cm³/mol. The van der Waals surface area contributed by atoms with Crippen LogP contribution in [0.1, 0.15) is 54.8 Å². The van der Waals surface area contributed by atoms with E-state index in [0.717, 1.165) is 0 Å².